The minimum absolute atomic E-state index is 0.243. The van der Waals surface area contributed by atoms with E-state index in [0.29, 0.717) is 30.6 Å². The minimum atomic E-state index is -0.243. The summed E-state index contributed by atoms with van der Waals surface area (Å²) in [5.74, 6) is 1.77. The molecule has 6 nitrogen and oxygen atoms in total. The fourth-order valence-electron chi connectivity index (χ4n) is 2.20. The summed E-state index contributed by atoms with van der Waals surface area (Å²) >= 11 is 0. The van der Waals surface area contributed by atoms with Crippen LogP contribution < -0.4 is 15.5 Å². The van der Waals surface area contributed by atoms with Crippen LogP contribution in [0.3, 0.4) is 0 Å². The van der Waals surface area contributed by atoms with Gasteiger partial charge in [-0.25, -0.2) is 9.37 Å². The molecule has 0 radical (unpaired) electrons. The van der Waals surface area contributed by atoms with E-state index < -0.39 is 0 Å². The minimum Gasteiger partial charge on any atom is -0.444 e. The van der Waals surface area contributed by atoms with Gasteiger partial charge in [-0.2, -0.15) is 0 Å². The second-order valence-corrected chi connectivity index (χ2v) is 5.71. The molecular weight excluding hydrogens is 309 g/mol. The highest BCUT2D eigenvalue weighted by atomic mass is 19.1. The highest BCUT2D eigenvalue weighted by molar-refractivity contribution is 5.79. The summed E-state index contributed by atoms with van der Waals surface area (Å²) in [6, 6.07) is 5.18. The highest BCUT2D eigenvalue weighted by Crippen LogP contribution is 2.18. The summed E-state index contributed by atoms with van der Waals surface area (Å²) in [7, 11) is 5.31. The number of rotatable bonds is 5. The molecule has 1 aromatic carbocycles. The van der Waals surface area contributed by atoms with Gasteiger partial charge >= 0.3 is 0 Å². The summed E-state index contributed by atoms with van der Waals surface area (Å²) in [5.41, 5.74) is 2.28. The molecule has 0 fully saturated rings. The molecule has 0 bridgehead atoms. The van der Waals surface area contributed by atoms with Crippen LogP contribution >= 0.6 is 0 Å². The van der Waals surface area contributed by atoms with E-state index in [4.69, 9.17) is 4.42 Å². The molecule has 0 aliphatic carbocycles. The van der Waals surface area contributed by atoms with Crippen molar-refractivity contribution in [2.24, 2.45) is 4.99 Å². The Hall–Kier alpha value is -2.57. The lowest BCUT2D eigenvalue weighted by Gasteiger charge is -2.15. The van der Waals surface area contributed by atoms with Crippen LogP contribution in [0.5, 0.6) is 0 Å². The molecular formula is C17H24FN5O. The molecule has 0 spiro atoms. The van der Waals surface area contributed by atoms with Crippen molar-refractivity contribution < 1.29 is 8.81 Å². The molecule has 2 rings (SSSR count). The fourth-order valence-corrected chi connectivity index (χ4v) is 2.20. The lowest BCUT2D eigenvalue weighted by atomic mass is 10.2. The van der Waals surface area contributed by atoms with E-state index in [2.05, 4.69) is 20.6 Å². The van der Waals surface area contributed by atoms with E-state index >= 15 is 0 Å². The average Bonchev–Trinajstić information content (AvgIpc) is 2.85. The number of anilines is 1. The second-order valence-electron chi connectivity index (χ2n) is 5.71. The summed E-state index contributed by atoms with van der Waals surface area (Å²) < 4.78 is 19.5. The van der Waals surface area contributed by atoms with Crippen LogP contribution in [0.1, 0.15) is 22.9 Å². The Morgan fingerprint density at radius 2 is 1.96 bits per heavy atom. The number of nitrogens with zero attached hydrogens (tertiary/aromatic N) is 3. The maximum Gasteiger partial charge on any atom is 0.214 e. The van der Waals surface area contributed by atoms with E-state index in [1.807, 2.05) is 34.0 Å². The first-order valence-corrected chi connectivity index (χ1v) is 7.74. The Morgan fingerprint density at radius 3 is 2.50 bits per heavy atom. The standard InChI is InChI=1S/C17H24FN5O/c1-11-12(2)24-16(22-11)10-21-17(19-3)20-9-13-6-7-15(23(4)5)14(18)8-13/h6-8H,9-10H2,1-5H3,(H2,19,20,21). The van der Waals surface area contributed by atoms with Crippen LogP contribution in [0.2, 0.25) is 0 Å². The number of hydrogen-bond donors (Lipinski definition) is 2. The molecule has 130 valence electrons. The van der Waals surface area contributed by atoms with Crippen LogP contribution in [0.25, 0.3) is 0 Å². The molecule has 24 heavy (non-hydrogen) atoms. The van der Waals surface area contributed by atoms with Crippen LogP contribution in [0.4, 0.5) is 10.1 Å². The number of halogens is 1. The Labute approximate surface area is 141 Å². The average molecular weight is 333 g/mol. The number of benzene rings is 1. The van der Waals surface area contributed by atoms with Crippen molar-refractivity contribution in [3.05, 3.63) is 46.9 Å². The van der Waals surface area contributed by atoms with Gasteiger partial charge < -0.3 is 20.0 Å². The van der Waals surface area contributed by atoms with Crippen molar-refractivity contribution in [1.82, 2.24) is 15.6 Å². The molecule has 0 aliphatic heterocycles. The van der Waals surface area contributed by atoms with Crippen LogP contribution in [0.15, 0.2) is 27.6 Å². The molecule has 2 aromatic rings. The number of nitrogens with one attached hydrogen (secondary N) is 2. The van der Waals surface area contributed by atoms with E-state index in [-0.39, 0.29) is 5.82 Å². The van der Waals surface area contributed by atoms with E-state index in [1.165, 1.54) is 6.07 Å². The number of oxazole rings is 1. The van der Waals surface area contributed by atoms with Gasteiger partial charge in [0.2, 0.25) is 5.89 Å². The van der Waals surface area contributed by atoms with Crippen molar-refractivity contribution >= 4 is 11.6 Å². The molecule has 0 amide bonds. The zero-order chi connectivity index (χ0) is 17.7. The lowest BCUT2D eigenvalue weighted by molar-refractivity contribution is 0.463. The van der Waals surface area contributed by atoms with Gasteiger partial charge in [0, 0.05) is 27.7 Å². The molecule has 1 heterocycles. The Morgan fingerprint density at radius 1 is 1.25 bits per heavy atom. The third-order valence-corrected chi connectivity index (χ3v) is 3.66. The van der Waals surface area contributed by atoms with Gasteiger partial charge in [-0.3, -0.25) is 4.99 Å². The number of aryl methyl sites for hydroxylation is 2. The topological polar surface area (TPSA) is 65.7 Å². The second kappa shape index (κ2) is 7.81. The maximum absolute atomic E-state index is 14.0. The van der Waals surface area contributed by atoms with Crippen LogP contribution in [-0.4, -0.2) is 32.1 Å². The Balaban J connectivity index is 1.90. The SMILES string of the molecule is CN=C(NCc1ccc(N(C)C)c(F)c1)NCc1nc(C)c(C)o1. The third-order valence-electron chi connectivity index (χ3n) is 3.66. The van der Waals surface area contributed by atoms with Gasteiger partial charge in [0.25, 0.3) is 0 Å². The lowest BCUT2D eigenvalue weighted by Crippen LogP contribution is -2.36. The number of aromatic nitrogens is 1. The van der Waals surface area contributed by atoms with Gasteiger partial charge in [0.15, 0.2) is 5.96 Å². The molecule has 1 aromatic heterocycles. The summed E-state index contributed by atoms with van der Waals surface area (Å²) in [6.45, 7) is 4.68. The van der Waals surface area contributed by atoms with Gasteiger partial charge in [-0.05, 0) is 31.5 Å². The first-order chi connectivity index (χ1) is 11.4. The molecule has 0 unspecified atom stereocenters. The molecule has 7 heteroatoms. The molecule has 0 aliphatic rings. The number of hydrogen-bond acceptors (Lipinski definition) is 4. The van der Waals surface area contributed by atoms with Gasteiger partial charge in [0.1, 0.15) is 11.6 Å². The molecule has 0 saturated carbocycles. The third kappa shape index (κ3) is 4.47. The monoisotopic (exact) mass is 333 g/mol. The summed E-state index contributed by atoms with van der Waals surface area (Å²) in [5, 5.41) is 6.26. The van der Waals surface area contributed by atoms with Crippen molar-refractivity contribution in [3.63, 3.8) is 0 Å². The highest BCUT2D eigenvalue weighted by Gasteiger charge is 2.08. The van der Waals surface area contributed by atoms with Crippen LogP contribution in [0, 0.1) is 19.7 Å². The van der Waals surface area contributed by atoms with Crippen molar-refractivity contribution in [3.8, 4) is 0 Å². The molecule has 0 saturated heterocycles. The fraction of sp³-hybridized carbons (Fsp3) is 0.412. The first kappa shape index (κ1) is 17.8. The Bertz CT molecular complexity index is 704. The van der Waals surface area contributed by atoms with E-state index in [0.717, 1.165) is 17.0 Å². The molecule has 2 N–H and O–H groups in total. The largest absolute Gasteiger partial charge is 0.444 e. The molecule has 0 atom stereocenters. The summed E-state index contributed by atoms with van der Waals surface area (Å²) in [6.07, 6.45) is 0. The van der Waals surface area contributed by atoms with E-state index in [9.17, 15) is 4.39 Å². The van der Waals surface area contributed by atoms with Crippen molar-refractivity contribution in [1.29, 1.82) is 0 Å². The quantitative estimate of drug-likeness (QED) is 0.649. The Kier molecular flexibility index (Phi) is 5.78. The van der Waals surface area contributed by atoms with Crippen LogP contribution in [-0.2, 0) is 13.1 Å². The number of aliphatic imine (C=N–C) groups is 1. The van der Waals surface area contributed by atoms with Gasteiger partial charge in [0.05, 0.1) is 17.9 Å². The first-order valence-electron chi connectivity index (χ1n) is 7.74. The predicted octanol–water partition coefficient (Wildman–Crippen LogP) is 2.36. The smallest absolute Gasteiger partial charge is 0.214 e. The zero-order valence-corrected chi connectivity index (χ0v) is 14.8. The van der Waals surface area contributed by atoms with Gasteiger partial charge in [-0.1, -0.05) is 6.07 Å². The van der Waals surface area contributed by atoms with Crippen molar-refractivity contribution in [2.75, 3.05) is 26.0 Å². The maximum atomic E-state index is 14.0. The number of guanidine groups is 1. The van der Waals surface area contributed by atoms with Gasteiger partial charge in [-0.15, -0.1) is 0 Å². The van der Waals surface area contributed by atoms with Crippen molar-refractivity contribution in [2.45, 2.75) is 26.9 Å². The summed E-state index contributed by atoms with van der Waals surface area (Å²) in [4.78, 5) is 10.2. The van der Waals surface area contributed by atoms with E-state index in [1.54, 1.807) is 18.0 Å². The predicted molar refractivity (Wildman–Crippen MR) is 93.7 cm³/mol. The normalized spacial score (nSPS) is 11.5. The zero-order valence-electron chi connectivity index (χ0n) is 14.8.